The van der Waals surface area contributed by atoms with E-state index in [4.69, 9.17) is 16.6 Å². The number of carbonyl (C=O) groups excluding carboxylic acids is 2. The van der Waals surface area contributed by atoms with E-state index in [-0.39, 0.29) is 31.1 Å². The fourth-order valence-electron chi connectivity index (χ4n) is 5.76. The Hall–Kier alpha value is -5.86. The number of nitrogens with one attached hydrogen (secondary N) is 2. The Labute approximate surface area is 406 Å². The highest BCUT2D eigenvalue weighted by atomic mass is 32.2. The van der Waals surface area contributed by atoms with Crippen LogP contribution in [-0.2, 0) is 40.1 Å². The van der Waals surface area contributed by atoms with Gasteiger partial charge < -0.3 is 42.5 Å². The minimum atomic E-state index is -0.994. The summed E-state index contributed by atoms with van der Waals surface area (Å²) in [7, 11) is 0. The number of nitrogens with zero attached hydrogens (tertiary/aromatic N) is 8. The molecular weight excluding hydrogens is 957 g/mol. The van der Waals surface area contributed by atoms with Gasteiger partial charge in [-0.05, 0) is 41.0 Å². The van der Waals surface area contributed by atoms with E-state index < -0.39 is 24.3 Å². The monoisotopic (exact) mass is 1010 g/mol. The first-order valence-corrected chi connectivity index (χ1v) is 25.2. The second-order valence-electron chi connectivity index (χ2n) is 14.3. The number of aliphatic carboxylic acids is 1. The Bertz CT molecular complexity index is 2390. The molecule has 354 valence electrons. The lowest BCUT2D eigenvalue weighted by Gasteiger charge is -2.09. The third-order valence-corrected chi connectivity index (χ3v) is 13.4. The number of aryl methyl sites for hydroxylation is 4. The van der Waals surface area contributed by atoms with Gasteiger partial charge in [-0.15, -0.1) is 40.8 Å². The van der Waals surface area contributed by atoms with Gasteiger partial charge in [0.05, 0.1) is 37.6 Å². The molecule has 3 atom stereocenters. The van der Waals surface area contributed by atoms with E-state index in [1.165, 1.54) is 45.3 Å². The third kappa shape index (κ3) is 19.9. The Morgan fingerprint density at radius 3 is 1.18 bits per heavy atom. The van der Waals surface area contributed by atoms with Crippen LogP contribution in [0.4, 0.5) is 20.5 Å². The van der Waals surface area contributed by atoms with Gasteiger partial charge in [0, 0.05) is 25.7 Å². The molecule has 19 nitrogen and oxygen atoms in total. The van der Waals surface area contributed by atoms with Crippen LogP contribution in [0.2, 0.25) is 0 Å². The van der Waals surface area contributed by atoms with E-state index in [1.54, 1.807) is 60.3 Å². The van der Waals surface area contributed by atoms with Crippen molar-refractivity contribution in [1.82, 2.24) is 40.8 Å². The predicted molar refractivity (Wildman–Crippen MR) is 263 cm³/mol. The average Bonchev–Trinajstić information content (AvgIpc) is 4.16. The van der Waals surface area contributed by atoms with Crippen molar-refractivity contribution < 1.29 is 34.8 Å². The molecule has 7 rings (SSSR count). The molecule has 67 heavy (non-hydrogen) atoms. The number of nitrogens with two attached hydrogens (primary N) is 2. The fourth-order valence-corrected chi connectivity index (χ4v) is 9.71. The van der Waals surface area contributed by atoms with E-state index in [0.29, 0.717) is 50.1 Å². The van der Waals surface area contributed by atoms with Gasteiger partial charge in [-0.3, -0.25) is 14.4 Å². The number of benzene rings is 3. The number of hydrogen-bond donors (Lipinski definition) is 8. The number of rotatable bonds is 22. The van der Waals surface area contributed by atoms with Crippen molar-refractivity contribution >= 4 is 95.4 Å². The molecule has 24 heteroatoms. The van der Waals surface area contributed by atoms with Crippen molar-refractivity contribution in [2.24, 2.45) is 0 Å². The summed E-state index contributed by atoms with van der Waals surface area (Å²) in [5.74, 6) is 0.0302. The van der Waals surface area contributed by atoms with E-state index in [2.05, 4.69) is 51.4 Å². The van der Waals surface area contributed by atoms with Gasteiger partial charge in [0.25, 0.3) is 0 Å². The lowest BCUT2D eigenvalue weighted by Crippen LogP contribution is -2.15. The maximum Gasteiger partial charge on any atom is 0.306 e. The lowest BCUT2D eigenvalue weighted by molar-refractivity contribution is -0.139. The number of carbonyl (C=O) groups is 3. The smallest absolute Gasteiger partial charge is 0.306 e. The number of anilines is 4. The van der Waals surface area contributed by atoms with Crippen molar-refractivity contribution in [3.8, 4) is 0 Å². The standard InChI is InChI=1S/C26H28N6O4S3.C9H10O3.C8H12N6S2/c33-19(17-7-3-1-4-8-17)15-21(35)27-25-31-29-23(38-25)11-13-37-14-12-24-30-32-26(39-24)28-22(36)16-20(34)18-9-5-2-6-10-18;10-8(6-9(11)12)7-4-2-1-3-5-7;9-7-13-11-5(15-7)3-1-2-4-6-12-14-8(10)16-6/h1-10,19-20,33-34H,11-16H2,(H,27,31,35)(H,28,32,36);1-5,8,10H,6H2,(H,11,12);1-4H2,(H2,9,13)(H2,10,14)/t19-,20-;8-;/m11./s1. The number of aliphatic hydroxyl groups excluding tert-OH is 3. The zero-order valence-corrected chi connectivity index (χ0v) is 40.0. The molecule has 0 bridgehead atoms. The molecule has 0 spiro atoms. The first-order chi connectivity index (χ1) is 32.4. The van der Waals surface area contributed by atoms with Crippen LogP contribution in [-0.4, -0.2) is 90.5 Å². The molecule has 0 unspecified atom stereocenters. The number of thioether (sulfide) groups is 1. The quantitative estimate of drug-likeness (QED) is 0.0343. The van der Waals surface area contributed by atoms with E-state index in [1.807, 2.05) is 42.5 Å². The van der Waals surface area contributed by atoms with Gasteiger partial charge >= 0.3 is 5.97 Å². The summed E-state index contributed by atoms with van der Waals surface area (Å²) in [6, 6.07) is 26.8. The first kappa shape index (κ1) is 52.1. The molecule has 0 saturated carbocycles. The second-order valence-corrected chi connectivity index (χ2v) is 19.8. The zero-order chi connectivity index (χ0) is 47.8. The van der Waals surface area contributed by atoms with Crippen LogP contribution < -0.4 is 22.1 Å². The Balaban J connectivity index is 0.000000243. The highest BCUT2D eigenvalue weighted by molar-refractivity contribution is 7.99. The van der Waals surface area contributed by atoms with Gasteiger partial charge in [-0.2, -0.15) is 11.8 Å². The summed E-state index contributed by atoms with van der Waals surface area (Å²) in [5.41, 5.74) is 13.0. The Kier molecular flexibility index (Phi) is 22.0. The number of unbranched alkanes of at least 4 members (excludes halogenated alkanes) is 1. The Morgan fingerprint density at radius 1 is 0.493 bits per heavy atom. The van der Waals surface area contributed by atoms with Crippen LogP contribution in [0.15, 0.2) is 91.0 Å². The minimum Gasteiger partial charge on any atom is -0.481 e. The fraction of sp³-hybridized carbons (Fsp3) is 0.326. The summed E-state index contributed by atoms with van der Waals surface area (Å²) in [6.07, 6.45) is 2.37. The van der Waals surface area contributed by atoms with Crippen molar-refractivity contribution in [2.75, 3.05) is 33.6 Å². The molecule has 10 N–H and O–H groups in total. The SMILES string of the molecule is Nc1nnc(CCCCc2nnc(N)s2)s1.O=C(C[C@@H](O)c1ccccc1)Nc1nnc(CCSCCc2nnc(NC(=O)C[C@@H](O)c3ccccc3)s2)s1.O=C(O)C[C@@H](O)c1ccccc1. The van der Waals surface area contributed by atoms with Gasteiger partial charge in [0.2, 0.25) is 32.3 Å². The molecule has 0 fully saturated rings. The average molecular weight is 1010 g/mol. The van der Waals surface area contributed by atoms with E-state index >= 15 is 0 Å². The molecule has 0 radical (unpaired) electrons. The van der Waals surface area contributed by atoms with Crippen LogP contribution in [0.5, 0.6) is 0 Å². The summed E-state index contributed by atoms with van der Waals surface area (Å²) >= 11 is 7.28. The molecule has 0 saturated heterocycles. The van der Waals surface area contributed by atoms with Crippen LogP contribution >= 0.6 is 57.1 Å². The molecule has 0 aliphatic rings. The number of nitrogen functional groups attached to an aromatic ring is 2. The van der Waals surface area contributed by atoms with Crippen LogP contribution in [0.1, 0.15) is 87.1 Å². The summed E-state index contributed by atoms with van der Waals surface area (Å²) in [5, 5.41) is 80.8. The lowest BCUT2D eigenvalue weighted by atomic mass is 10.1. The molecule has 0 aliphatic carbocycles. The number of carboxylic acid groups (broad SMARTS) is 1. The molecular formula is C43H50N12O7S5. The minimum absolute atomic E-state index is 0.0541. The van der Waals surface area contributed by atoms with Crippen molar-refractivity contribution in [2.45, 2.75) is 76.1 Å². The van der Waals surface area contributed by atoms with Gasteiger partial charge in [-0.25, -0.2) is 0 Å². The Morgan fingerprint density at radius 2 is 0.836 bits per heavy atom. The molecule has 4 aromatic heterocycles. The van der Waals surface area contributed by atoms with Crippen LogP contribution in [0.3, 0.4) is 0 Å². The highest BCUT2D eigenvalue weighted by Gasteiger charge is 2.17. The summed E-state index contributed by atoms with van der Waals surface area (Å²) in [6.45, 7) is 0. The third-order valence-electron chi connectivity index (χ3n) is 9.02. The van der Waals surface area contributed by atoms with Gasteiger partial charge in [0.1, 0.15) is 20.0 Å². The van der Waals surface area contributed by atoms with Crippen molar-refractivity contribution in [3.05, 3.63) is 128 Å². The topological polar surface area (TPSA) is 311 Å². The second kappa shape index (κ2) is 28.3. The molecule has 4 heterocycles. The predicted octanol–water partition coefficient (Wildman–Crippen LogP) is 6.35. The largest absolute Gasteiger partial charge is 0.481 e. The van der Waals surface area contributed by atoms with E-state index in [9.17, 15) is 29.7 Å². The number of aromatic nitrogens is 8. The number of hydrogen-bond acceptors (Lipinski definition) is 21. The normalized spacial score (nSPS) is 12.1. The van der Waals surface area contributed by atoms with Gasteiger partial charge in [-0.1, -0.05) is 136 Å². The van der Waals surface area contributed by atoms with Crippen LogP contribution in [0.25, 0.3) is 0 Å². The number of carboxylic acids is 1. The molecule has 2 amide bonds. The van der Waals surface area contributed by atoms with Crippen molar-refractivity contribution in [3.63, 3.8) is 0 Å². The van der Waals surface area contributed by atoms with E-state index in [0.717, 1.165) is 57.2 Å². The van der Waals surface area contributed by atoms with Gasteiger partial charge in [0.15, 0.2) is 0 Å². The molecule has 7 aromatic rings. The molecule has 0 aliphatic heterocycles. The first-order valence-electron chi connectivity index (χ1n) is 20.8. The summed E-state index contributed by atoms with van der Waals surface area (Å²) in [4.78, 5) is 34.7. The van der Waals surface area contributed by atoms with Crippen molar-refractivity contribution in [1.29, 1.82) is 0 Å². The highest BCUT2D eigenvalue weighted by Crippen LogP contribution is 2.23. The maximum atomic E-state index is 12.2. The summed E-state index contributed by atoms with van der Waals surface area (Å²) < 4.78 is 0. The number of amides is 2. The van der Waals surface area contributed by atoms with Crippen LogP contribution in [0, 0.1) is 0 Å². The molecule has 3 aromatic carbocycles. The maximum absolute atomic E-state index is 12.2. The number of aliphatic hydroxyl groups is 3. The zero-order valence-electron chi connectivity index (χ0n) is 36.0.